The molecule has 1 saturated heterocycles. The molecule has 1 heterocycles. The van der Waals surface area contributed by atoms with Gasteiger partial charge in [-0.05, 0) is 73.2 Å². The van der Waals surface area contributed by atoms with Crippen molar-refractivity contribution in [3.05, 3.63) is 84.4 Å². The van der Waals surface area contributed by atoms with E-state index in [1.807, 2.05) is 13.0 Å². The number of hydrogen-bond acceptors (Lipinski definition) is 6. The number of nitrogens with one attached hydrogen (secondary N) is 2. The first-order valence-electron chi connectivity index (χ1n) is 12.1. The van der Waals surface area contributed by atoms with E-state index in [0.29, 0.717) is 29.5 Å². The van der Waals surface area contributed by atoms with Crippen LogP contribution in [0.1, 0.15) is 18.9 Å². The predicted octanol–water partition coefficient (Wildman–Crippen LogP) is 3.70. The molecule has 0 saturated carbocycles. The second-order valence-corrected chi connectivity index (χ2v) is 8.81. The number of anilines is 2. The van der Waals surface area contributed by atoms with E-state index >= 15 is 0 Å². The molecule has 1 aliphatic heterocycles. The minimum atomic E-state index is -1.02. The summed E-state index contributed by atoms with van der Waals surface area (Å²) in [5, 5.41) is 4.18. The van der Waals surface area contributed by atoms with Gasteiger partial charge in [-0.15, -0.1) is 0 Å². The zero-order valence-electron chi connectivity index (χ0n) is 21.0. The molecule has 1 fully saturated rings. The fourth-order valence-corrected chi connectivity index (χ4v) is 4.37. The van der Waals surface area contributed by atoms with Crippen LogP contribution in [0.25, 0.3) is 0 Å². The van der Waals surface area contributed by atoms with Crippen LogP contribution in [0.4, 0.5) is 11.4 Å². The molecule has 38 heavy (non-hydrogen) atoms. The Labute approximate surface area is 226 Å². The molecule has 1 aliphatic rings. The van der Waals surface area contributed by atoms with E-state index in [-0.39, 0.29) is 23.9 Å². The van der Waals surface area contributed by atoms with Crippen LogP contribution in [0, 0.1) is 0 Å². The van der Waals surface area contributed by atoms with Crippen LogP contribution in [0.3, 0.4) is 0 Å². The summed E-state index contributed by atoms with van der Waals surface area (Å²) in [7, 11) is 1.57. The molecular weight excluding hydrogens is 504 g/mol. The summed E-state index contributed by atoms with van der Waals surface area (Å²) in [5.41, 5.74) is 4.60. The van der Waals surface area contributed by atoms with Crippen molar-refractivity contribution in [1.29, 1.82) is 0 Å². The van der Waals surface area contributed by atoms with Gasteiger partial charge in [0.05, 0.1) is 32.2 Å². The Bertz CT molecular complexity index is 1300. The van der Waals surface area contributed by atoms with Crippen molar-refractivity contribution in [3.63, 3.8) is 0 Å². The SMILES string of the molecule is CCOc1ccc(NC(=O)C[C@H]2C(=O)N(c3ccccc3)C(=S)N2NC(=O)Cc2ccc(OC)cc2)cc1. The predicted molar refractivity (Wildman–Crippen MR) is 148 cm³/mol. The Hall–Kier alpha value is -4.44. The van der Waals surface area contributed by atoms with Gasteiger partial charge in [0, 0.05) is 5.69 Å². The van der Waals surface area contributed by atoms with Crippen molar-refractivity contribution >= 4 is 46.4 Å². The van der Waals surface area contributed by atoms with Gasteiger partial charge in [0.1, 0.15) is 17.5 Å². The van der Waals surface area contributed by atoms with Crippen LogP contribution in [-0.4, -0.2) is 47.6 Å². The van der Waals surface area contributed by atoms with E-state index in [4.69, 9.17) is 21.7 Å². The van der Waals surface area contributed by atoms with Gasteiger partial charge in [0.25, 0.3) is 5.91 Å². The zero-order chi connectivity index (χ0) is 27.1. The monoisotopic (exact) mass is 532 g/mol. The van der Waals surface area contributed by atoms with Crippen molar-refractivity contribution < 1.29 is 23.9 Å². The number of methoxy groups -OCH3 is 1. The van der Waals surface area contributed by atoms with Crippen LogP contribution < -0.4 is 25.1 Å². The van der Waals surface area contributed by atoms with Gasteiger partial charge >= 0.3 is 0 Å². The first kappa shape index (κ1) is 26.6. The van der Waals surface area contributed by atoms with Crippen molar-refractivity contribution in [3.8, 4) is 11.5 Å². The molecular formula is C28H28N4O5S. The standard InChI is InChI=1S/C28H28N4O5S/c1-3-37-23-15-11-20(12-16-23)29-25(33)18-24-27(35)31(21-7-5-4-6-8-21)28(38)32(24)30-26(34)17-19-9-13-22(36-2)14-10-19/h4-16,24H,3,17-18H2,1-2H3,(H,29,33)(H,30,34)/t24-/m0/s1. The molecule has 10 heteroatoms. The van der Waals surface area contributed by atoms with E-state index < -0.39 is 17.9 Å². The fraction of sp³-hybridized carbons (Fsp3) is 0.214. The molecule has 196 valence electrons. The van der Waals surface area contributed by atoms with Crippen LogP contribution >= 0.6 is 12.2 Å². The van der Waals surface area contributed by atoms with E-state index in [1.165, 1.54) is 9.91 Å². The topological polar surface area (TPSA) is 100 Å². The van der Waals surface area contributed by atoms with E-state index in [2.05, 4.69) is 10.7 Å². The third-order valence-corrected chi connectivity index (χ3v) is 6.20. The van der Waals surface area contributed by atoms with Gasteiger partial charge in [-0.1, -0.05) is 30.3 Å². The number of thiocarbonyl (C=S) groups is 1. The molecule has 3 amide bonds. The zero-order valence-corrected chi connectivity index (χ0v) is 21.9. The molecule has 0 aliphatic carbocycles. The van der Waals surface area contributed by atoms with Crippen LogP contribution in [-0.2, 0) is 20.8 Å². The lowest BCUT2D eigenvalue weighted by Gasteiger charge is -2.24. The molecule has 3 aromatic rings. The van der Waals surface area contributed by atoms with Crippen molar-refractivity contribution in [2.75, 3.05) is 23.9 Å². The number of carbonyl (C=O) groups excluding carboxylic acids is 3. The maximum absolute atomic E-state index is 13.5. The lowest BCUT2D eigenvalue weighted by atomic mass is 10.1. The third-order valence-electron chi connectivity index (χ3n) is 5.83. The van der Waals surface area contributed by atoms with Gasteiger partial charge in [-0.25, -0.2) is 5.01 Å². The summed E-state index contributed by atoms with van der Waals surface area (Å²) in [6.07, 6.45) is -0.175. The highest BCUT2D eigenvalue weighted by Gasteiger charge is 2.45. The molecule has 0 aromatic heterocycles. The van der Waals surface area contributed by atoms with Crippen LogP contribution in [0.5, 0.6) is 11.5 Å². The third kappa shape index (κ3) is 6.27. The summed E-state index contributed by atoms with van der Waals surface area (Å²) in [6, 6.07) is 21.9. The van der Waals surface area contributed by atoms with E-state index in [1.54, 1.807) is 79.9 Å². The molecule has 0 spiro atoms. The van der Waals surface area contributed by atoms with E-state index in [9.17, 15) is 14.4 Å². The first-order chi connectivity index (χ1) is 18.4. The molecule has 9 nitrogen and oxygen atoms in total. The highest BCUT2D eigenvalue weighted by atomic mass is 32.1. The Kier molecular flexibility index (Phi) is 8.55. The number of hydrazine groups is 1. The number of ether oxygens (including phenoxy) is 2. The van der Waals surface area contributed by atoms with Gasteiger partial charge in [-0.2, -0.15) is 0 Å². The second-order valence-electron chi connectivity index (χ2n) is 8.45. The molecule has 2 N–H and O–H groups in total. The highest BCUT2D eigenvalue weighted by molar-refractivity contribution is 7.80. The van der Waals surface area contributed by atoms with Crippen LogP contribution in [0.15, 0.2) is 78.9 Å². The normalized spacial score (nSPS) is 14.8. The summed E-state index contributed by atoms with van der Waals surface area (Å²) in [4.78, 5) is 40.7. The van der Waals surface area contributed by atoms with E-state index in [0.717, 1.165) is 5.56 Å². The van der Waals surface area contributed by atoms with Crippen molar-refractivity contribution in [1.82, 2.24) is 10.4 Å². The lowest BCUT2D eigenvalue weighted by Crippen LogP contribution is -2.50. The summed E-state index contributed by atoms with van der Waals surface area (Å²) >= 11 is 5.59. The van der Waals surface area contributed by atoms with Crippen LogP contribution in [0.2, 0.25) is 0 Å². The van der Waals surface area contributed by atoms with Gasteiger partial charge in [0.15, 0.2) is 0 Å². The number of hydrogen-bond donors (Lipinski definition) is 2. The Balaban J connectivity index is 1.50. The number of amides is 3. The Morgan fingerprint density at radius 1 is 0.921 bits per heavy atom. The first-order valence-corrected chi connectivity index (χ1v) is 12.5. The average molecular weight is 533 g/mol. The number of nitrogens with zero attached hydrogens (tertiary/aromatic N) is 2. The lowest BCUT2D eigenvalue weighted by molar-refractivity contribution is -0.128. The number of para-hydroxylation sites is 1. The fourth-order valence-electron chi connectivity index (χ4n) is 4.01. The molecule has 3 aromatic carbocycles. The minimum absolute atomic E-state index is 0.0493. The summed E-state index contributed by atoms with van der Waals surface area (Å²) < 4.78 is 10.6. The largest absolute Gasteiger partial charge is 0.497 e. The van der Waals surface area contributed by atoms with Gasteiger partial charge < -0.3 is 14.8 Å². The maximum Gasteiger partial charge on any atom is 0.258 e. The van der Waals surface area contributed by atoms with Gasteiger partial charge in [0.2, 0.25) is 16.9 Å². The summed E-state index contributed by atoms with van der Waals surface area (Å²) in [6.45, 7) is 2.42. The Morgan fingerprint density at radius 3 is 2.21 bits per heavy atom. The number of benzene rings is 3. The number of carbonyl (C=O) groups is 3. The second kappa shape index (κ2) is 12.2. The molecule has 0 radical (unpaired) electrons. The molecule has 1 atom stereocenters. The molecule has 0 unspecified atom stereocenters. The van der Waals surface area contributed by atoms with Crippen molar-refractivity contribution in [2.45, 2.75) is 25.8 Å². The smallest absolute Gasteiger partial charge is 0.258 e. The highest BCUT2D eigenvalue weighted by Crippen LogP contribution is 2.26. The number of rotatable bonds is 10. The minimum Gasteiger partial charge on any atom is -0.497 e. The van der Waals surface area contributed by atoms with Gasteiger partial charge in [-0.3, -0.25) is 24.7 Å². The summed E-state index contributed by atoms with van der Waals surface area (Å²) in [5.74, 6) is 0.174. The maximum atomic E-state index is 13.5. The molecule has 0 bridgehead atoms. The quantitative estimate of drug-likeness (QED) is 0.384. The Morgan fingerprint density at radius 2 is 1.58 bits per heavy atom. The average Bonchev–Trinajstić information content (AvgIpc) is 3.14. The molecule has 4 rings (SSSR count). The van der Waals surface area contributed by atoms with Crippen molar-refractivity contribution in [2.24, 2.45) is 0 Å².